The van der Waals surface area contributed by atoms with Crippen molar-refractivity contribution in [2.24, 2.45) is 11.7 Å². The molecule has 23 heavy (non-hydrogen) atoms. The van der Waals surface area contributed by atoms with Crippen molar-refractivity contribution < 1.29 is 9.53 Å². The number of nitrogens with zero attached hydrogens (tertiary/aromatic N) is 2. The molecule has 1 saturated heterocycles. The lowest BCUT2D eigenvalue weighted by atomic mass is 10.1. The number of nitrogens with one attached hydrogen (secondary N) is 1. The maximum absolute atomic E-state index is 12.1. The summed E-state index contributed by atoms with van der Waals surface area (Å²) < 4.78 is 5.43. The number of amides is 1. The number of benzene rings is 1. The van der Waals surface area contributed by atoms with Crippen molar-refractivity contribution in [3.8, 4) is 0 Å². The molecule has 1 aliphatic rings. The minimum Gasteiger partial charge on any atom is -0.378 e. The largest absolute Gasteiger partial charge is 0.378 e. The highest BCUT2D eigenvalue weighted by molar-refractivity contribution is 6.06. The highest BCUT2D eigenvalue weighted by atomic mass is 16.5. The molecule has 6 nitrogen and oxygen atoms in total. The van der Waals surface area contributed by atoms with Crippen LogP contribution in [0, 0.1) is 5.92 Å². The lowest BCUT2D eigenvalue weighted by Crippen LogP contribution is -2.36. The van der Waals surface area contributed by atoms with Crippen LogP contribution in [-0.4, -0.2) is 43.7 Å². The van der Waals surface area contributed by atoms with Crippen LogP contribution in [-0.2, 0) is 9.53 Å². The molecule has 0 radical (unpaired) electrons. The number of rotatable bonds is 4. The number of carbonyl (C=O) groups is 1. The van der Waals surface area contributed by atoms with E-state index in [4.69, 9.17) is 10.5 Å². The van der Waals surface area contributed by atoms with Crippen LogP contribution < -0.4 is 16.0 Å². The van der Waals surface area contributed by atoms with E-state index in [0.29, 0.717) is 6.54 Å². The summed E-state index contributed by atoms with van der Waals surface area (Å²) in [5, 5.41) is 4.99. The van der Waals surface area contributed by atoms with Crippen molar-refractivity contribution in [2.45, 2.75) is 6.92 Å². The summed E-state index contributed by atoms with van der Waals surface area (Å²) in [4.78, 5) is 18.7. The lowest BCUT2D eigenvalue weighted by Gasteiger charge is -2.30. The molecule has 0 spiro atoms. The number of pyridine rings is 1. The van der Waals surface area contributed by atoms with E-state index in [1.807, 2.05) is 19.1 Å². The molecule has 3 N–H and O–H groups in total. The second kappa shape index (κ2) is 6.93. The number of ether oxygens (including phenoxy) is 1. The number of hydrogen-bond acceptors (Lipinski definition) is 5. The molecule has 6 heteroatoms. The molecule has 0 aliphatic carbocycles. The van der Waals surface area contributed by atoms with E-state index in [2.05, 4.69) is 21.3 Å². The molecule has 0 bridgehead atoms. The second-order valence-electron chi connectivity index (χ2n) is 5.78. The average molecular weight is 314 g/mol. The Morgan fingerprint density at radius 2 is 2.13 bits per heavy atom. The van der Waals surface area contributed by atoms with E-state index in [1.54, 1.807) is 12.4 Å². The van der Waals surface area contributed by atoms with Crippen LogP contribution in [0.2, 0.25) is 0 Å². The Kier molecular flexibility index (Phi) is 4.73. The molecule has 2 heterocycles. The van der Waals surface area contributed by atoms with Gasteiger partial charge in [0.05, 0.1) is 18.9 Å². The first-order valence-electron chi connectivity index (χ1n) is 7.91. The third-order valence-corrected chi connectivity index (χ3v) is 4.21. The standard InChI is InChI=1S/C17H22N4O2/c1-12(10-18)17(22)20-15-2-3-16(21-6-8-23-9-7-21)13-4-5-19-11-14(13)15/h2-5,11-12H,6-10,18H2,1H3,(H,20,22). The quantitative estimate of drug-likeness (QED) is 0.896. The van der Waals surface area contributed by atoms with Crippen molar-refractivity contribution in [2.75, 3.05) is 43.1 Å². The van der Waals surface area contributed by atoms with Crippen LogP contribution in [0.3, 0.4) is 0 Å². The molecule has 122 valence electrons. The van der Waals surface area contributed by atoms with Gasteiger partial charge in [0.1, 0.15) is 0 Å². The molecule has 1 aromatic carbocycles. The van der Waals surface area contributed by atoms with Crippen LogP contribution >= 0.6 is 0 Å². The third-order valence-electron chi connectivity index (χ3n) is 4.21. The molecule has 1 fully saturated rings. The predicted octanol–water partition coefficient (Wildman–Crippen LogP) is 1.60. The van der Waals surface area contributed by atoms with Gasteiger partial charge in [0.15, 0.2) is 0 Å². The number of hydrogen-bond donors (Lipinski definition) is 2. The monoisotopic (exact) mass is 314 g/mol. The van der Waals surface area contributed by atoms with Crippen LogP contribution in [0.1, 0.15) is 6.92 Å². The summed E-state index contributed by atoms with van der Waals surface area (Å²) in [5.74, 6) is -0.294. The molecule has 0 saturated carbocycles. The van der Waals surface area contributed by atoms with E-state index >= 15 is 0 Å². The Bertz CT molecular complexity index is 698. The summed E-state index contributed by atoms with van der Waals surface area (Å²) in [6.45, 7) is 5.35. The van der Waals surface area contributed by atoms with E-state index < -0.39 is 0 Å². The Morgan fingerprint density at radius 1 is 1.35 bits per heavy atom. The summed E-state index contributed by atoms with van der Waals surface area (Å²) in [7, 11) is 0. The van der Waals surface area contributed by atoms with Gasteiger partial charge in [-0.2, -0.15) is 0 Å². The van der Waals surface area contributed by atoms with Crippen molar-refractivity contribution in [3.63, 3.8) is 0 Å². The summed E-state index contributed by atoms with van der Waals surface area (Å²) in [5.41, 5.74) is 7.49. The first-order valence-corrected chi connectivity index (χ1v) is 7.91. The van der Waals surface area contributed by atoms with Crippen LogP contribution in [0.4, 0.5) is 11.4 Å². The maximum atomic E-state index is 12.1. The van der Waals surface area contributed by atoms with Crippen molar-refractivity contribution >= 4 is 28.1 Å². The topological polar surface area (TPSA) is 80.5 Å². The number of fused-ring (bicyclic) bond motifs is 1. The SMILES string of the molecule is CC(CN)C(=O)Nc1ccc(N2CCOCC2)c2ccncc12. The first kappa shape index (κ1) is 15.7. The van der Waals surface area contributed by atoms with Gasteiger partial charge < -0.3 is 20.7 Å². The van der Waals surface area contributed by atoms with Gasteiger partial charge in [-0.15, -0.1) is 0 Å². The van der Waals surface area contributed by atoms with E-state index in [9.17, 15) is 4.79 Å². The second-order valence-corrected chi connectivity index (χ2v) is 5.78. The number of carbonyl (C=O) groups excluding carboxylic acids is 1. The lowest BCUT2D eigenvalue weighted by molar-refractivity contribution is -0.119. The van der Waals surface area contributed by atoms with E-state index in [0.717, 1.165) is 48.5 Å². The van der Waals surface area contributed by atoms with Gasteiger partial charge in [0.2, 0.25) is 5.91 Å². The highest BCUT2D eigenvalue weighted by Crippen LogP contribution is 2.32. The van der Waals surface area contributed by atoms with Gasteiger partial charge in [-0.25, -0.2) is 0 Å². The zero-order valence-electron chi connectivity index (χ0n) is 13.3. The molecule has 3 rings (SSSR count). The third kappa shape index (κ3) is 3.28. The molecule has 1 aromatic heterocycles. The molecule has 1 unspecified atom stereocenters. The zero-order valence-corrected chi connectivity index (χ0v) is 13.3. The normalized spacial score (nSPS) is 16.3. The molecule has 1 atom stereocenters. The Hall–Kier alpha value is -2.18. The van der Waals surface area contributed by atoms with Gasteiger partial charge in [-0.05, 0) is 18.2 Å². The number of aromatic nitrogens is 1. The molecular weight excluding hydrogens is 292 g/mol. The van der Waals surface area contributed by atoms with Gasteiger partial charge in [-0.1, -0.05) is 6.92 Å². The van der Waals surface area contributed by atoms with E-state index in [1.165, 1.54) is 0 Å². The zero-order chi connectivity index (χ0) is 16.2. The van der Waals surface area contributed by atoms with Gasteiger partial charge >= 0.3 is 0 Å². The van der Waals surface area contributed by atoms with Crippen LogP contribution in [0.15, 0.2) is 30.6 Å². The maximum Gasteiger partial charge on any atom is 0.228 e. The minimum atomic E-state index is -0.222. The Morgan fingerprint density at radius 3 is 2.87 bits per heavy atom. The van der Waals surface area contributed by atoms with Crippen molar-refractivity contribution in [3.05, 3.63) is 30.6 Å². The highest BCUT2D eigenvalue weighted by Gasteiger charge is 2.17. The van der Waals surface area contributed by atoms with Gasteiger partial charge in [0, 0.05) is 54.4 Å². The summed E-state index contributed by atoms with van der Waals surface area (Å²) >= 11 is 0. The smallest absolute Gasteiger partial charge is 0.228 e. The molecule has 1 amide bonds. The van der Waals surface area contributed by atoms with Crippen molar-refractivity contribution in [1.82, 2.24) is 4.98 Å². The summed E-state index contributed by atoms with van der Waals surface area (Å²) in [6.07, 6.45) is 3.57. The van der Waals surface area contributed by atoms with Crippen LogP contribution in [0.5, 0.6) is 0 Å². The van der Waals surface area contributed by atoms with Gasteiger partial charge in [-0.3, -0.25) is 9.78 Å². The molecule has 2 aromatic rings. The van der Waals surface area contributed by atoms with E-state index in [-0.39, 0.29) is 11.8 Å². The van der Waals surface area contributed by atoms with Crippen molar-refractivity contribution in [1.29, 1.82) is 0 Å². The van der Waals surface area contributed by atoms with Gasteiger partial charge in [0.25, 0.3) is 0 Å². The molecule has 1 aliphatic heterocycles. The Balaban J connectivity index is 1.97. The minimum absolute atomic E-state index is 0.0724. The average Bonchev–Trinajstić information content (AvgIpc) is 2.62. The summed E-state index contributed by atoms with van der Waals surface area (Å²) in [6, 6.07) is 5.98. The molecular formula is C17H22N4O2. The number of morpholine rings is 1. The fourth-order valence-corrected chi connectivity index (χ4v) is 2.73. The fraction of sp³-hybridized carbons (Fsp3) is 0.412. The Labute approximate surface area is 135 Å². The number of anilines is 2. The van der Waals surface area contributed by atoms with Crippen LogP contribution in [0.25, 0.3) is 10.8 Å². The predicted molar refractivity (Wildman–Crippen MR) is 91.6 cm³/mol. The number of nitrogens with two attached hydrogens (primary N) is 1. The fourth-order valence-electron chi connectivity index (χ4n) is 2.73. The first-order chi connectivity index (χ1) is 11.2.